The molecule has 0 N–H and O–H groups in total. The van der Waals surface area contributed by atoms with E-state index in [1.54, 1.807) is 56.3 Å². The fourth-order valence-corrected chi connectivity index (χ4v) is 4.59. The SMILES string of the molecule is Cc1cc(C)c(S(=O)(=O)Oc2ccc(/C=C\C(=O)c3ccccc3)cc2)c(C)c1. The van der Waals surface area contributed by atoms with Crippen molar-refractivity contribution in [3.8, 4) is 5.75 Å². The molecule has 3 rings (SSSR count). The van der Waals surface area contributed by atoms with Gasteiger partial charge in [-0.3, -0.25) is 4.79 Å². The van der Waals surface area contributed by atoms with Crippen LogP contribution >= 0.6 is 0 Å². The van der Waals surface area contributed by atoms with Crippen molar-refractivity contribution < 1.29 is 17.4 Å². The van der Waals surface area contributed by atoms with E-state index in [4.69, 9.17) is 4.18 Å². The zero-order valence-electron chi connectivity index (χ0n) is 16.5. The molecule has 0 atom stereocenters. The van der Waals surface area contributed by atoms with Crippen molar-refractivity contribution in [1.82, 2.24) is 0 Å². The largest absolute Gasteiger partial charge is 0.379 e. The van der Waals surface area contributed by atoms with Crippen molar-refractivity contribution in [3.63, 3.8) is 0 Å². The van der Waals surface area contributed by atoms with E-state index >= 15 is 0 Å². The third kappa shape index (κ3) is 5.00. The number of hydrogen-bond donors (Lipinski definition) is 0. The molecule has 3 aromatic carbocycles. The second kappa shape index (κ2) is 8.45. The zero-order valence-corrected chi connectivity index (χ0v) is 17.4. The highest BCUT2D eigenvalue weighted by molar-refractivity contribution is 7.87. The van der Waals surface area contributed by atoms with Crippen LogP contribution in [0.4, 0.5) is 0 Å². The number of aryl methyl sites for hydroxylation is 3. The van der Waals surface area contributed by atoms with Crippen molar-refractivity contribution in [2.45, 2.75) is 25.7 Å². The Balaban J connectivity index is 1.75. The van der Waals surface area contributed by atoms with Crippen LogP contribution < -0.4 is 4.18 Å². The first-order valence-corrected chi connectivity index (χ1v) is 10.6. The first-order chi connectivity index (χ1) is 13.8. The predicted molar refractivity (Wildman–Crippen MR) is 115 cm³/mol. The fourth-order valence-electron chi connectivity index (χ4n) is 3.23. The van der Waals surface area contributed by atoms with Gasteiger partial charge < -0.3 is 4.18 Å². The van der Waals surface area contributed by atoms with E-state index in [2.05, 4.69) is 0 Å². The molecule has 0 saturated carbocycles. The first-order valence-electron chi connectivity index (χ1n) is 9.16. The Hall–Kier alpha value is -3.18. The fraction of sp³-hybridized carbons (Fsp3) is 0.125. The molecule has 3 aromatic rings. The second-order valence-corrected chi connectivity index (χ2v) is 8.38. The summed E-state index contributed by atoms with van der Waals surface area (Å²) in [4.78, 5) is 12.3. The van der Waals surface area contributed by atoms with E-state index in [0.717, 1.165) is 11.1 Å². The predicted octanol–water partition coefficient (Wildman–Crippen LogP) is 5.28. The topological polar surface area (TPSA) is 60.4 Å². The molecule has 0 fully saturated rings. The molecular weight excluding hydrogens is 384 g/mol. The summed E-state index contributed by atoms with van der Waals surface area (Å²) in [5, 5.41) is 0. The molecule has 148 valence electrons. The molecule has 0 bridgehead atoms. The minimum Gasteiger partial charge on any atom is -0.379 e. The Morgan fingerprint density at radius 1 is 0.862 bits per heavy atom. The van der Waals surface area contributed by atoms with Gasteiger partial charge in [0.05, 0.1) is 0 Å². The van der Waals surface area contributed by atoms with E-state index < -0.39 is 10.1 Å². The average molecular weight is 407 g/mol. The number of carbonyl (C=O) groups is 1. The van der Waals surface area contributed by atoms with Crippen LogP contribution in [0.15, 0.2) is 77.7 Å². The zero-order chi connectivity index (χ0) is 21.0. The van der Waals surface area contributed by atoms with Crippen LogP contribution in [0, 0.1) is 20.8 Å². The molecule has 0 radical (unpaired) electrons. The van der Waals surface area contributed by atoms with Gasteiger partial charge in [-0.05, 0) is 55.7 Å². The highest BCUT2D eigenvalue weighted by Crippen LogP contribution is 2.26. The third-order valence-corrected chi connectivity index (χ3v) is 5.98. The molecule has 0 spiro atoms. The Bertz CT molecular complexity index is 1140. The number of benzene rings is 3. The Kier molecular flexibility index (Phi) is 5.99. The summed E-state index contributed by atoms with van der Waals surface area (Å²) in [7, 11) is -3.94. The van der Waals surface area contributed by atoms with Gasteiger partial charge in [-0.15, -0.1) is 0 Å². The summed E-state index contributed by atoms with van der Waals surface area (Å²) >= 11 is 0. The number of rotatable bonds is 6. The van der Waals surface area contributed by atoms with Gasteiger partial charge in [0.15, 0.2) is 5.78 Å². The minimum absolute atomic E-state index is 0.0983. The Morgan fingerprint density at radius 3 is 2.03 bits per heavy atom. The molecule has 5 heteroatoms. The Labute approximate surface area is 171 Å². The molecule has 0 unspecified atom stereocenters. The highest BCUT2D eigenvalue weighted by Gasteiger charge is 2.22. The summed E-state index contributed by atoms with van der Waals surface area (Å²) in [5.74, 6) is 0.120. The quantitative estimate of drug-likeness (QED) is 0.318. The third-order valence-electron chi connectivity index (χ3n) is 4.43. The van der Waals surface area contributed by atoms with Crippen LogP contribution in [0.2, 0.25) is 0 Å². The van der Waals surface area contributed by atoms with E-state index in [0.29, 0.717) is 16.7 Å². The van der Waals surface area contributed by atoms with Crippen LogP contribution in [0.5, 0.6) is 5.75 Å². The van der Waals surface area contributed by atoms with E-state index in [-0.39, 0.29) is 16.4 Å². The van der Waals surface area contributed by atoms with Gasteiger partial charge in [0.2, 0.25) is 0 Å². The average Bonchev–Trinajstić information content (AvgIpc) is 2.66. The van der Waals surface area contributed by atoms with Crippen LogP contribution in [0.25, 0.3) is 6.08 Å². The lowest BCUT2D eigenvalue weighted by Gasteiger charge is -2.13. The maximum Gasteiger partial charge on any atom is 0.339 e. The summed E-state index contributed by atoms with van der Waals surface area (Å²) in [6.45, 7) is 5.44. The number of hydrogen-bond acceptors (Lipinski definition) is 4. The van der Waals surface area contributed by atoms with Crippen LogP contribution in [0.3, 0.4) is 0 Å². The van der Waals surface area contributed by atoms with Crippen molar-refractivity contribution in [3.05, 3.63) is 101 Å². The van der Waals surface area contributed by atoms with Crippen LogP contribution in [-0.2, 0) is 10.1 Å². The minimum atomic E-state index is -3.94. The normalized spacial score (nSPS) is 11.6. The molecule has 0 aromatic heterocycles. The first kappa shape index (κ1) is 20.6. The highest BCUT2D eigenvalue weighted by atomic mass is 32.2. The number of allylic oxidation sites excluding steroid dienone is 1. The van der Waals surface area contributed by atoms with Crippen molar-refractivity contribution in [2.24, 2.45) is 0 Å². The lowest BCUT2D eigenvalue weighted by atomic mass is 10.1. The maximum atomic E-state index is 12.7. The van der Waals surface area contributed by atoms with Crippen molar-refractivity contribution in [2.75, 3.05) is 0 Å². The van der Waals surface area contributed by atoms with Gasteiger partial charge in [-0.1, -0.05) is 66.2 Å². The van der Waals surface area contributed by atoms with Crippen molar-refractivity contribution in [1.29, 1.82) is 0 Å². The van der Waals surface area contributed by atoms with Gasteiger partial charge >= 0.3 is 10.1 Å². The van der Waals surface area contributed by atoms with Crippen LogP contribution in [-0.4, -0.2) is 14.2 Å². The lowest BCUT2D eigenvalue weighted by molar-refractivity contribution is 0.104. The molecule has 0 aliphatic carbocycles. The smallest absolute Gasteiger partial charge is 0.339 e. The molecule has 0 aliphatic rings. The van der Waals surface area contributed by atoms with E-state index in [1.807, 2.05) is 37.3 Å². The molecule has 4 nitrogen and oxygen atoms in total. The summed E-state index contributed by atoms with van der Waals surface area (Å²) < 4.78 is 30.8. The summed E-state index contributed by atoms with van der Waals surface area (Å²) in [6, 6.07) is 19.2. The molecule has 29 heavy (non-hydrogen) atoms. The van der Waals surface area contributed by atoms with Crippen LogP contribution in [0.1, 0.15) is 32.6 Å². The molecule has 0 heterocycles. The van der Waals surface area contributed by atoms with E-state index in [9.17, 15) is 13.2 Å². The van der Waals surface area contributed by atoms with E-state index in [1.165, 1.54) is 6.08 Å². The maximum absolute atomic E-state index is 12.7. The van der Waals surface area contributed by atoms with Gasteiger partial charge in [0, 0.05) is 5.56 Å². The van der Waals surface area contributed by atoms with Crippen molar-refractivity contribution >= 4 is 22.0 Å². The molecular formula is C24H22O4S. The number of ketones is 1. The molecule has 0 saturated heterocycles. The molecule has 0 aliphatic heterocycles. The molecule has 0 amide bonds. The summed E-state index contributed by atoms with van der Waals surface area (Å²) in [5.41, 5.74) is 3.68. The van der Waals surface area contributed by atoms with Gasteiger partial charge in [0.25, 0.3) is 0 Å². The van der Waals surface area contributed by atoms with Gasteiger partial charge in [-0.25, -0.2) is 0 Å². The number of carbonyl (C=O) groups excluding carboxylic acids is 1. The summed E-state index contributed by atoms with van der Waals surface area (Å²) in [6.07, 6.45) is 3.17. The Morgan fingerprint density at radius 2 is 1.45 bits per heavy atom. The van der Waals surface area contributed by atoms with Gasteiger partial charge in [0.1, 0.15) is 10.6 Å². The lowest BCUT2D eigenvalue weighted by Crippen LogP contribution is -2.13. The standard InChI is InChI=1S/C24H22O4S/c1-17-15-18(2)24(19(3)16-17)29(26,27)28-22-12-9-20(10-13-22)11-14-23(25)21-7-5-4-6-8-21/h4-16H,1-3H3/b14-11-. The van der Waals surface area contributed by atoms with Gasteiger partial charge in [-0.2, -0.15) is 8.42 Å². The second-order valence-electron chi connectivity index (χ2n) is 6.90. The monoisotopic (exact) mass is 406 g/mol.